The van der Waals surface area contributed by atoms with E-state index in [1.54, 1.807) is 4.57 Å². The van der Waals surface area contributed by atoms with Gasteiger partial charge in [-0.3, -0.25) is 4.57 Å². The maximum Gasteiger partial charge on any atom is 0.167 e. The number of aliphatic hydroxyl groups excluding tert-OH is 1. The summed E-state index contributed by atoms with van der Waals surface area (Å²) < 4.78 is 15.1. The molecule has 2 aromatic heterocycles. The Labute approximate surface area is 98.7 Å². The SMILES string of the molecule is [3H]c1nc2c(N)ncnc2n1[C@H]1CC[C@@H](CO)O1. The molecule has 0 aromatic carbocycles. The minimum Gasteiger partial charge on any atom is -0.394 e. The van der Waals surface area contributed by atoms with Gasteiger partial charge in [0.15, 0.2) is 11.5 Å². The second-order valence-electron chi connectivity index (χ2n) is 3.99. The van der Waals surface area contributed by atoms with Crippen molar-refractivity contribution in [1.82, 2.24) is 19.5 Å². The minimum absolute atomic E-state index is 0.0203. The molecule has 2 aromatic rings. The van der Waals surface area contributed by atoms with Gasteiger partial charge in [-0.15, -0.1) is 0 Å². The number of nitrogens with two attached hydrogens (primary N) is 1. The van der Waals surface area contributed by atoms with E-state index < -0.39 is 0 Å². The first-order valence-corrected chi connectivity index (χ1v) is 5.42. The van der Waals surface area contributed by atoms with Crippen molar-refractivity contribution in [2.45, 2.75) is 25.2 Å². The highest BCUT2D eigenvalue weighted by atomic mass is 16.5. The van der Waals surface area contributed by atoms with E-state index >= 15 is 0 Å². The number of nitrogen functional groups attached to an aromatic ring is 1. The lowest BCUT2D eigenvalue weighted by Crippen LogP contribution is -2.14. The molecule has 3 N–H and O–H groups in total. The van der Waals surface area contributed by atoms with Gasteiger partial charge in [-0.1, -0.05) is 0 Å². The molecule has 3 rings (SSSR count). The van der Waals surface area contributed by atoms with Gasteiger partial charge in [0.1, 0.15) is 19.4 Å². The molecule has 0 bridgehead atoms. The second kappa shape index (κ2) is 3.94. The molecule has 1 aliphatic heterocycles. The normalized spacial score (nSPS) is 25.4. The average molecular weight is 237 g/mol. The van der Waals surface area contributed by atoms with Crippen molar-refractivity contribution >= 4 is 17.0 Å². The van der Waals surface area contributed by atoms with Gasteiger partial charge >= 0.3 is 0 Å². The summed E-state index contributed by atoms with van der Waals surface area (Å²) in [6.07, 6.45) is 2.34. The molecule has 0 radical (unpaired) electrons. The molecule has 3 heterocycles. The van der Waals surface area contributed by atoms with Crippen LogP contribution in [0, 0.1) is 0 Å². The fourth-order valence-electron chi connectivity index (χ4n) is 2.03. The zero-order valence-corrected chi connectivity index (χ0v) is 9.08. The Morgan fingerprint density at radius 2 is 2.41 bits per heavy atom. The van der Waals surface area contributed by atoms with E-state index in [1.165, 1.54) is 6.33 Å². The largest absolute Gasteiger partial charge is 0.394 e. The Morgan fingerprint density at radius 1 is 1.53 bits per heavy atom. The molecule has 0 spiro atoms. The van der Waals surface area contributed by atoms with Crippen LogP contribution in [0.15, 0.2) is 12.6 Å². The molecule has 1 saturated heterocycles. The first-order valence-electron chi connectivity index (χ1n) is 5.92. The Bertz CT molecular complexity index is 587. The number of anilines is 1. The van der Waals surface area contributed by atoms with Crippen LogP contribution in [0.25, 0.3) is 11.2 Å². The molecule has 0 unspecified atom stereocenters. The highest BCUT2D eigenvalue weighted by Crippen LogP contribution is 2.30. The van der Waals surface area contributed by atoms with E-state index in [-0.39, 0.29) is 31.1 Å². The zero-order chi connectivity index (χ0) is 12.7. The van der Waals surface area contributed by atoms with Crippen molar-refractivity contribution in [2.75, 3.05) is 12.3 Å². The van der Waals surface area contributed by atoms with E-state index in [2.05, 4.69) is 15.0 Å². The Morgan fingerprint density at radius 3 is 3.18 bits per heavy atom. The number of aromatic nitrogens is 4. The van der Waals surface area contributed by atoms with E-state index in [9.17, 15) is 0 Å². The number of rotatable bonds is 2. The molecule has 7 nitrogen and oxygen atoms in total. The van der Waals surface area contributed by atoms with Crippen LogP contribution in [-0.2, 0) is 4.74 Å². The second-order valence-corrected chi connectivity index (χ2v) is 3.99. The monoisotopic (exact) mass is 237 g/mol. The average Bonchev–Trinajstić information content (AvgIpc) is 2.93. The van der Waals surface area contributed by atoms with Crippen LogP contribution in [0.2, 0.25) is 0 Å². The zero-order valence-electron chi connectivity index (χ0n) is 10.1. The molecule has 7 heteroatoms. The summed E-state index contributed by atoms with van der Waals surface area (Å²) in [5.74, 6) is 0.254. The van der Waals surface area contributed by atoms with Gasteiger partial charge in [0.2, 0.25) is 0 Å². The molecule has 1 fully saturated rings. The standard InChI is InChI=1S/C10H13N5O2/c11-9-8-10(13-4-12-9)15(5-14-8)7-2-1-6(3-16)17-7/h4-7,16H,1-3H2,(H2,11,12,13)/t6-,7+/m0/s1/i5T. The van der Waals surface area contributed by atoms with Crippen molar-refractivity contribution in [3.05, 3.63) is 12.6 Å². The molecule has 0 amide bonds. The molecule has 2 atom stereocenters. The highest BCUT2D eigenvalue weighted by molar-refractivity contribution is 5.81. The molecule has 0 aliphatic carbocycles. The van der Waals surface area contributed by atoms with Gasteiger partial charge in [-0.2, -0.15) is 0 Å². The van der Waals surface area contributed by atoms with Crippen molar-refractivity contribution in [1.29, 1.82) is 0 Å². The number of imidazole rings is 1. The van der Waals surface area contributed by atoms with Crippen LogP contribution in [0.1, 0.15) is 20.4 Å². The van der Waals surface area contributed by atoms with Crippen molar-refractivity contribution in [2.24, 2.45) is 0 Å². The van der Waals surface area contributed by atoms with Crippen molar-refractivity contribution in [3.63, 3.8) is 0 Å². The van der Waals surface area contributed by atoms with Crippen LogP contribution in [0.4, 0.5) is 5.82 Å². The Hall–Kier alpha value is -1.73. The van der Waals surface area contributed by atoms with Crippen LogP contribution < -0.4 is 5.73 Å². The number of nitrogens with zero attached hydrogens (tertiary/aromatic N) is 4. The topological polar surface area (TPSA) is 99.1 Å². The third kappa shape index (κ3) is 1.63. The van der Waals surface area contributed by atoms with Gasteiger partial charge < -0.3 is 15.6 Å². The fourth-order valence-corrected chi connectivity index (χ4v) is 2.03. The number of hydrogen-bond donors (Lipinski definition) is 2. The summed E-state index contributed by atoms with van der Waals surface area (Å²) in [5.41, 5.74) is 6.61. The Kier molecular flexibility index (Phi) is 2.16. The van der Waals surface area contributed by atoms with Gasteiger partial charge in [-0.25, -0.2) is 15.0 Å². The predicted molar refractivity (Wildman–Crippen MR) is 60.0 cm³/mol. The third-order valence-corrected chi connectivity index (χ3v) is 2.91. The molecule has 90 valence electrons. The fraction of sp³-hybridized carbons (Fsp3) is 0.500. The molecular weight excluding hydrogens is 222 g/mol. The number of aliphatic hydroxyl groups is 1. The summed E-state index contributed by atoms with van der Waals surface area (Å²) in [7, 11) is 0. The summed E-state index contributed by atoms with van der Waals surface area (Å²) >= 11 is 0. The molecular formula is C10H13N5O2. The maximum absolute atomic E-state index is 9.07. The third-order valence-electron chi connectivity index (χ3n) is 2.91. The predicted octanol–water partition coefficient (Wildman–Crippen LogP) is 0.0784. The van der Waals surface area contributed by atoms with E-state index in [1.807, 2.05) is 0 Å². The van der Waals surface area contributed by atoms with Gasteiger partial charge in [0.25, 0.3) is 0 Å². The molecule has 1 aliphatic rings. The van der Waals surface area contributed by atoms with E-state index in [4.69, 9.17) is 16.9 Å². The van der Waals surface area contributed by atoms with Crippen molar-refractivity contribution < 1.29 is 11.2 Å². The smallest absolute Gasteiger partial charge is 0.167 e. The first kappa shape index (κ1) is 9.32. The van der Waals surface area contributed by atoms with E-state index in [0.717, 1.165) is 6.42 Å². The summed E-state index contributed by atoms with van der Waals surface area (Å²) in [6.45, 7) is -0.0203. The maximum atomic E-state index is 9.07. The lowest BCUT2D eigenvalue weighted by Gasteiger charge is -2.13. The van der Waals surface area contributed by atoms with Gasteiger partial charge in [0.05, 0.1) is 19.0 Å². The molecule has 17 heavy (non-hydrogen) atoms. The highest BCUT2D eigenvalue weighted by Gasteiger charge is 2.27. The van der Waals surface area contributed by atoms with Crippen LogP contribution in [-0.4, -0.2) is 37.3 Å². The minimum atomic E-state index is -0.325. The van der Waals surface area contributed by atoms with Gasteiger partial charge in [0, 0.05) is 0 Å². The lowest BCUT2D eigenvalue weighted by atomic mass is 10.2. The summed E-state index contributed by atoms with van der Waals surface area (Å²) in [4.78, 5) is 12.0. The van der Waals surface area contributed by atoms with Crippen molar-refractivity contribution in [3.8, 4) is 0 Å². The van der Waals surface area contributed by atoms with Gasteiger partial charge in [-0.05, 0) is 12.8 Å². The van der Waals surface area contributed by atoms with Crippen LogP contribution in [0.5, 0.6) is 0 Å². The molecule has 0 saturated carbocycles. The van der Waals surface area contributed by atoms with Crippen LogP contribution in [0.3, 0.4) is 0 Å². The van der Waals surface area contributed by atoms with Crippen LogP contribution >= 0.6 is 0 Å². The Balaban J connectivity index is 2.07. The van der Waals surface area contributed by atoms with E-state index in [0.29, 0.717) is 17.6 Å². The summed E-state index contributed by atoms with van der Waals surface area (Å²) in [6, 6.07) is 0. The summed E-state index contributed by atoms with van der Waals surface area (Å²) in [5, 5.41) is 9.07. The lowest BCUT2D eigenvalue weighted by molar-refractivity contribution is -0.0207. The quantitative estimate of drug-likeness (QED) is 0.767. The number of hydrogen-bond acceptors (Lipinski definition) is 6. The number of ether oxygens (including phenoxy) is 1. The number of fused-ring (bicyclic) bond motifs is 1. The first-order chi connectivity index (χ1) is 8.70.